The number of carbonyl (C=O) groups is 1. The van der Waals surface area contributed by atoms with E-state index in [1.807, 2.05) is 20.8 Å². The molecule has 0 saturated heterocycles. The van der Waals surface area contributed by atoms with Crippen molar-refractivity contribution < 1.29 is 18.8 Å². The number of benzene rings is 1. The Bertz CT molecular complexity index is 542. The monoisotopic (exact) mass is 299 g/mol. The molecule has 2 rings (SSSR count). The Morgan fingerprint density at radius 3 is 2.70 bits per heavy atom. The van der Waals surface area contributed by atoms with Crippen LogP contribution in [-0.4, -0.2) is 20.4 Å². The molecule has 4 nitrogen and oxygen atoms in total. The van der Waals surface area contributed by atoms with Gasteiger partial charge in [-0.1, -0.05) is 0 Å². The van der Waals surface area contributed by atoms with Crippen molar-refractivity contribution >= 4 is 17.3 Å². The van der Waals surface area contributed by atoms with Crippen LogP contribution in [0.2, 0.25) is 0 Å². The van der Waals surface area contributed by atoms with Crippen molar-refractivity contribution in [3.05, 3.63) is 34.6 Å². The first-order chi connectivity index (χ1) is 9.21. The molecular weight excluding hydrogens is 281 g/mol. The molecule has 0 aliphatic heterocycles. The maximum atomic E-state index is 14.0. The molecule has 0 aromatic heterocycles. The Labute approximate surface area is 120 Å². The molecule has 0 fully saturated rings. The van der Waals surface area contributed by atoms with E-state index in [1.54, 1.807) is 0 Å². The highest BCUT2D eigenvalue weighted by Crippen LogP contribution is 2.36. The zero-order chi connectivity index (χ0) is 15.1. The Hall–Kier alpha value is -1.11. The second-order valence-electron chi connectivity index (χ2n) is 5.88. The van der Waals surface area contributed by atoms with Crippen LogP contribution < -0.4 is 4.72 Å². The molecule has 2 N–H and O–H groups in total. The summed E-state index contributed by atoms with van der Waals surface area (Å²) in [5.41, 5.74) is 0.996. The molecule has 2 unspecified atom stereocenters. The van der Waals surface area contributed by atoms with Gasteiger partial charge in [0, 0.05) is 16.9 Å². The molecule has 0 bridgehead atoms. The van der Waals surface area contributed by atoms with Crippen LogP contribution in [0.15, 0.2) is 12.1 Å². The summed E-state index contributed by atoms with van der Waals surface area (Å²) >= 11 is -1.32. The summed E-state index contributed by atoms with van der Waals surface area (Å²) in [5.74, 6) is -1.50. The lowest BCUT2D eigenvalue weighted by molar-refractivity contribution is 0.0695. The molecule has 0 saturated carbocycles. The molecule has 20 heavy (non-hydrogen) atoms. The van der Waals surface area contributed by atoms with Gasteiger partial charge in [-0.25, -0.2) is 9.18 Å². The van der Waals surface area contributed by atoms with Gasteiger partial charge in [-0.15, -0.1) is 4.72 Å². The van der Waals surface area contributed by atoms with Gasteiger partial charge in [-0.3, -0.25) is 0 Å². The zero-order valence-electron chi connectivity index (χ0n) is 11.7. The second kappa shape index (κ2) is 5.35. The number of halogens is 1. The van der Waals surface area contributed by atoms with E-state index in [4.69, 9.17) is 5.11 Å². The number of carboxylic acids is 1. The minimum atomic E-state index is -1.32. The number of aromatic carboxylic acids is 1. The predicted octanol–water partition coefficient (Wildman–Crippen LogP) is 2.56. The molecular formula is C14H18FNO3S. The molecule has 1 aromatic rings. The van der Waals surface area contributed by atoms with Crippen LogP contribution in [0.5, 0.6) is 0 Å². The van der Waals surface area contributed by atoms with E-state index in [0.29, 0.717) is 24.0 Å². The maximum Gasteiger partial charge on any atom is 0.335 e. The van der Waals surface area contributed by atoms with Gasteiger partial charge in [0.25, 0.3) is 0 Å². The summed E-state index contributed by atoms with van der Waals surface area (Å²) < 4.78 is 28.6. The summed E-state index contributed by atoms with van der Waals surface area (Å²) in [6.07, 6.45) is 1.03. The van der Waals surface area contributed by atoms with Gasteiger partial charge >= 0.3 is 5.97 Å². The number of rotatable bonds is 3. The highest BCUT2D eigenvalue weighted by atomic mass is 32.2. The van der Waals surface area contributed by atoms with Gasteiger partial charge < -0.3 is 9.66 Å². The van der Waals surface area contributed by atoms with Gasteiger partial charge in [0.2, 0.25) is 0 Å². The fourth-order valence-corrected chi connectivity index (χ4v) is 3.19. The van der Waals surface area contributed by atoms with E-state index < -0.39 is 33.9 Å². The van der Waals surface area contributed by atoms with Crippen LogP contribution in [0.1, 0.15) is 54.7 Å². The van der Waals surface area contributed by atoms with Crippen LogP contribution in [0.4, 0.5) is 4.39 Å². The summed E-state index contributed by atoms with van der Waals surface area (Å²) in [6.45, 7) is 5.49. The molecule has 110 valence electrons. The van der Waals surface area contributed by atoms with Crippen molar-refractivity contribution in [3.63, 3.8) is 0 Å². The summed E-state index contributed by atoms with van der Waals surface area (Å²) in [5, 5.41) is 9.13. The number of hydrogen-bond donors (Lipinski definition) is 2. The van der Waals surface area contributed by atoms with E-state index in [9.17, 15) is 13.7 Å². The van der Waals surface area contributed by atoms with E-state index in [0.717, 1.165) is 0 Å². The van der Waals surface area contributed by atoms with Crippen LogP contribution in [0, 0.1) is 5.82 Å². The fraction of sp³-hybridized carbons (Fsp3) is 0.500. The minimum absolute atomic E-state index is 0.132. The van der Waals surface area contributed by atoms with Crippen molar-refractivity contribution in [2.45, 2.75) is 44.4 Å². The van der Waals surface area contributed by atoms with Gasteiger partial charge in [-0.2, -0.15) is 0 Å². The van der Waals surface area contributed by atoms with Crippen molar-refractivity contribution in [3.8, 4) is 0 Å². The average molecular weight is 299 g/mol. The van der Waals surface area contributed by atoms with Crippen molar-refractivity contribution in [2.75, 3.05) is 0 Å². The lowest BCUT2D eigenvalue weighted by Gasteiger charge is -2.26. The van der Waals surface area contributed by atoms with Crippen molar-refractivity contribution in [1.29, 1.82) is 0 Å². The molecule has 1 aliphatic rings. The number of carboxylic acid groups (broad SMARTS) is 1. The van der Waals surface area contributed by atoms with E-state index >= 15 is 0 Å². The van der Waals surface area contributed by atoms with E-state index in [1.165, 1.54) is 12.1 Å². The second-order valence-corrected chi connectivity index (χ2v) is 7.88. The third-order valence-corrected chi connectivity index (χ3v) is 4.98. The Morgan fingerprint density at radius 1 is 1.50 bits per heavy atom. The van der Waals surface area contributed by atoms with E-state index in [2.05, 4.69) is 4.72 Å². The van der Waals surface area contributed by atoms with Gasteiger partial charge in [0.05, 0.1) is 11.6 Å². The lowest BCUT2D eigenvalue weighted by Crippen LogP contribution is -2.40. The predicted molar refractivity (Wildman–Crippen MR) is 75.5 cm³/mol. The zero-order valence-corrected chi connectivity index (χ0v) is 12.5. The fourth-order valence-electron chi connectivity index (χ4n) is 2.34. The third kappa shape index (κ3) is 2.82. The molecule has 0 radical (unpaired) electrons. The topological polar surface area (TPSA) is 72.4 Å². The van der Waals surface area contributed by atoms with Crippen molar-refractivity contribution in [2.24, 2.45) is 0 Å². The van der Waals surface area contributed by atoms with Crippen LogP contribution in [-0.2, 0) is 17.8 Å². The largest absolute Gasteiger partial charge is 0.598 e. The molecule has 0 heterocycles. The first kappa shape index (κ1) is 15.3. The normalized spacial score (nSPS) is 19.8. The third-order valence-electron chi connectivity index (χ3n) is 3.37. The lowest BCUT2D eigenvalue weighted by atomic mass is 10.0. The number of fused-ring (bicyclic) bond motifs is 1. The van der Waals surface area contributed by atoms with Crippen LogP contribution in [0.3, 0.4) is 0 Å². The van der Waals surface area contributed by atoms with Crippen LogP contribution >= 0.6 is 0 Å². The van der Waals surface area contributed by atoms with E-state index in [-0.39, 0.29) is 5.56 Å². The van der Waals surface area contributed by atoms with Gasteiger partial charge in [-0.05, 0) is 51.3 Å². The SMILES string of the molecule is CC(C)(C)[S+]([O-])NC1CCc2c(C(=O)O)ccc(F)c21. The highest BCUT2D eigenvalue weighted by Gasteiger charge is 2.36. The standard InChI is InChI=1S/C14H18FNO3S/c1-14(2,3)20(19)16-11-7-5-8-9(13(17)18)4-6-10(15)12(8)11/h4,6,11,16H,5,7H2,1-3H3,(H,17,18). The molecule has 0 spiro atoms. The maximum absolute atomic E-state index is 14.0. The molecule has 6 heteroatoms. The van der Waals surface area contributed by atoms with Crippen LogP contribution in [0.25, 0.3) is 0 Å². The summed E-state index contributed by atoms with van der Waals surface area (Å²) in [7, 11) is 0. The first-order valence-corrected chi connectivity index (χ1v) is 7.59. The molecule has 2 atom stereocenters. The summed E-state index contributed by atoms with van der Waals surface area (Å²) in [6, 6.07) is 2.06. The highest BCUT2D eigenvalue weighted by molar-refractivity contribution is 7.90. The summed E-state index contributed by atoms with van der Waals surface area (Å²) in [4.78, 5) is 11.2. The Kier molecular flexibility index (Phi) is 4.09. The Morgan fingerprint density at radius 2 is 2.15 bits per heavy atom. The molecule has 1 aliphatic carbocycles. The Balaban J connectivity index is 2.33. The quantitative estimate of drug-likeness (QED) is 0.841. The smallest absolute Gasteiger partial charge is 0.335 e. The number of hydrogen-bond acceptors (Lipinski definition) is 3. The van der Waals surface area contributed by atoms with Gasteiger partial charge in [0.15, 0.2) is 0 Å². The average Bonchev–Trinajstić information content (AvgIpc) is 2.72. The van der Waals surface area contributed by atoms with Gasteiger partial charge in [0.1, 0.15) is 10.6 Å². The van der Waals surface area contributed by atoms with Crippen molar-refractivity contribution in [1.82, 2.24) is 4.72 Å². The minimum Gasteiger partial charge on any atom is -0.598 e. The number of nitrogens with one attached hydrogen (secondary N) is 1. The first-order valence-electron chi connectivity index (χ1n) is 6.44. The molecule has 0 amide bonds. The molecule has 1 aromatic carbocycles.